The fraction of sp³-hybridized carbons (Fsp3) is 0.316. The van der Waals surface area contributed by atoms with Crippen molar-refractivity contribution in [3.63, 3.8) is 0 Å². The molecule has 0 fully saturated rings. The maximum absolute atomic E-state index is 13.1. The molecule has 0 aliphatic rings. The van der Waals surface area contributed by atoms with Crippen molar-refractivity contribution < 1.29 is 17.9 Å². The summed E-state index contributed by atoms with van der Waals surface area (Å²) in [6.45, 7) is 4.56. The molecular weight excluding hydrogens is 365 g/mol. The average Bonchev–Trinajstić information content (AvgIpc) is 2.96. The molecule has 0 radical (unpaired) electrons. The fourth-order valence-electron chi connectivity index (χ4n) is 2.80. The third-order valence-electron chi connectivity index (χ3n) is 4.00. The number of fused-ring (bicyclic) bond motifs is 1. The largest absolute Gasteiger partial charge is 0.494 e. The van der Waals surface area contributed by atoms with Crippen molar-refractivity contribution in [2.45, 2.75) is 32.9 Å². The van der Waals surface area contributed by atoms with E-state index in [1.807, 2.05) is 42.7 Å². The molecule has 0 saturated carbocycles. The van der Waals surface area contributed by atoms with Crippen molar-refractivity contribution in [2.24, 2.45) is 0 Å². The van der Waals surface area contributed by atoms with Gasteiger partial charge in [-0.25, -0.2) is 4.98 Å². The van der Waals surface area contributed by atoms with Gasteiger partial charge in [0.25, 0.3) is 0 Å². The Hall–Kier alpha value is -2.21. The summed E-state index contributed by atoms with van der Waals surface area (Å²) in [7, 11) is 0. The molecule has 0 spiro atoms. The summed E-state index contributed by atoms with van der Waals surface area (Å²) in [5.41, 5.74) is 0.735. The van der Waals surface area contributed by atoms with Crippen molar-refractivity contribution in [3.05, 3.63) is 52.8 Å². The highest BCUT2D eigenvalue weighted by atomic mass is 35.5. The zero-order valence-electron chi connectivity index (χ0n) is 14.4. The number of imidazole rings is 1. The highest BCUT2D eigenvalue weighted by Gasteiger charge is 2.34. The highest BCUT2D eigenvalue weighted by Crippen LogP contribution is 2.37. The second kappa shape index (κ2) is 7.19. The zero-order chi connectivity index (χ0) is 18.9. The summed E-state index contributed by atoms with van der Waals surface area (Å²) in [5, 5.41) is -0.336. The van der Waals surface area contributed by atoms with Gasteiger partial charge in [0.05, 0.1) is 28.2 Å². The Balaban J connectivity index is 2.11. The molecule has 3 rings (SSSR count). The molecule has 26 heavy (non-hydrogen) atoms. The molecule has 0 aliphatic carbocycles. The summed E-state index contributed by atoms with van der Waals surface area (Å²) >= 11 is 5.90. The molecule has 0 amide bonds. The van der Waals surface area contributed by atoms with E-state index in [1.165, 1.54) is 6.07 Å². The number of nitrogens with zero attached hydrogens (tertiary/aromatic N) is 2. The van der Waals surface area contributed by atoms with Gasteiger partial charge in [-0.15, -0.1) is 0 Å². The monoisotopic (exact) mass is 382 g/mol. The number of halogens is 4. The van der Waals surface area contributed by atoms with Crippen LogP contribution in [0.5, 0.6) is 5.75 Å². The second-order valence-electron chi connectivity index (χ2n) is 5.88. The molecule has 1 aromatic heterocycles. The summed E-state index contributed by atoms with van der Waals surface area (Å²) in [5.74, 6) is 1.41. The molecule has 3 nitrogen and oxygen atoms in total. The molecule has 0 N–H and O–H groups in total. The van der Waals surface area contributed by atoms with E-state index in [4.69, 9.17) is 16.3 Å². The van der Waals surface area contributed by atoms with E-state index in [2.05, 4.69) is 4.98 Å². The van der Waals surface area contributed by atoms with Crippen molar-refractivity contribution in [3.8, 4) is 11.4 Å². The van der Waals surface area contributed by atoms with E-state index in [0.717, 1.165) is 23.9 Å². The van der Waals surface area contributed by atoms with E-state index in [1.54, 1.807) is 0 Å². The highest BCUT2D eigenvalue weighted by molar-refractivity contribution is 6.32. The van der Waals surface area contributed by atoms with Gasteiger partial charge in [-0.1, -0.05) is 25.4 Å². The summed E-state index contributed by atoms with van der Waals surface area (Å²) < 4.78 is 46.7. The van der Waals surface area contributed by atoms with Gasteiger partial charge in [0.15, 0.2) is 0 Å². The molecule has 138 valence electrons. The molecule has 7 heteroatoms. The minimum Gasteiger partial charge on any atom is -0.494 e. The Morgan fingerprint density at radius 2 is 1.81 bits per heavy atom. The predicted molar refractivity (Wildman–Crippen MR) is 96.2 cm³/mol. The van der Waals surface area contributed by atoms with Crippen molar-refractivity contribution in [2.75, 3.05) is 6.61 Å². The Morgan fingerprint density at radius 1 is 1.12 bits per heavy atom. The SMILES string of the molecule is CCCOc1ccc(-n2c(CC)nc3cc(C(F)(F)F)c(Cl)cc32)cc1. The van der Waals surface area contributed by atoms with Crippen LogP contribution in [0, 0.1) is 0 Å². The fourth-order valence-corrected chi connectivity index (χ4v) is 3.07. The standard InChI is InChI=1S/C19H18ClF3N2O/c1-3-9-26-13-7-5-12(6-8-13)25-17-11-15(20)14(19(21,22)23)10-16(17)24-18(25)4-2/h5-8,10-11H,3-4,9H2,1-2H3. The topological polar surface area (TPSA) is 27.1 Å². The molecule has 0 aliphatic heterocycles. The first-order chi connectivity index (χ1) is 12.3. The molecule has 2 aromatic carbocycles. The van der Waals surface area contributed by atoms with E-state index < -0.39 is 11.7 Å². The van der Waals surface area contributed by atoms with Crippen LogP contribution in [-0.2, 0) is 12.6 Å². The number of rotatable bonds is 5. The first-order valence-electron chi connectivity index (χ1n) is 8.36. The minimum absolute atomic E-state index is 0.268. The Kier molecular flexibility index (Phi) is 5.14. The smallest absolute Gasteiger partial charge is 0.417 e. The van der Waals surface area contributed by atoms with Crippen LogP contribution in [0.25, 0.3) is 16.7 Å². The van der Waals surface area contributed by atoms with Crippen molar-refractivity contribution in [1.29, 1.82) is 0 Å². The van der Waals surface area contributed by atoms with E-state index >= 15 is 0 Å². The predicted octanol–water partition coefficient (Wildman–Crippen LogP) is 6.05. The lowest BCUT2D eigenvalue weighted by atomic mass is 10.2. The molecule has 1 heterocycles. The van der Waals surface area contributed by atoms with Crippen LogP contribution >= 0.6 is 11.6 Å². The molecular formula is C19H18ClF3N2O. The first kappa shape index (κ1) is 18.6. The van der Waals surface area contributed by atoms with Crippen LogP contribution in [0.2, 0.25) is 5.02 Å². The number of benzene rings is 2. The average molecular weight is 383 g/mol. The van der Waals surface area contributed by atoms with Gasteiger partial charge in [-0.3, -0.25) is 4.57 Å². The third kappa shape index (κ3) is 3.51. The number of aryl methyl sites for hydroxylation is 1. The summed E-state index contributed by atoms with van der Waals surface area (Å²) in [6.07, 6.45) is -3.03. The maximum Gasteiger partial charge on any atom is 0.417 e. The van der Waals surface area contributed by atoms with Gasteiger partial charge in [0.1, 0.15) is 11.6 Å². The number of aromatic nitrogens is 2. The zero-order valence-corrected chi connectivity index (χ0v) is 15.2. The molecule has 0 unspecified atom stereocenters. The Labute approximate surface area is 154 Å². The summed E-state index contributed by atoms with van der Waals surface area (Å²) in [4.78, 5) is 4.37. The number of hydrogen-bond acceptors (Lipinski definition) is 2. The van der Waals surface area contributed by atoms with Crippen molar-refractivity contribution in [1.82, 2.24) is 9.55 Å². The number of alkyl halides is 3. The van der Waals surface area contributed by atoms with Crippen LogP contribution in [-0.4, -0.2) is 16.2 Å². The van der Waals surface area contributed by atoms with E-state index in [-0.39, 0.29) is 10.5 Å². The van der Waals surface area contributed by atoms with Crippen LogP contribution in [0.4, 0.5) is 13.2 Å². The Morgan fingerprint density at radius 3 is 2.38 bits per heavy atom. The van der Waals surface area contributed by atoms with E-state index in [0.29, 0.717) is 24.4 Å². The first-order valence-corrected chi connectivity index (χ1v) is 8.74. The van der Waals surface area contributed by atoms with Crippen LogP contribution in [0.1, 0.15) is 31.7 Å². The second-order valence-corrected chi connectivity index (χ2v) is 6.29. The van der Waals surface area contributed by atoms with Crippen LogP contribution < -0.4 is 4.74 Å². The minimum atomic E-state index is -4.51. The van der Waals surface area contributed by atoms with Gasteiger partial charge in [-0.05, 0) is 42.8 Å². The lowest BCUT2D eigenvalue weighted by Crippen LogP contribution is -2.06. The summed E-state index contributed by atoms with van der Waals surface area (Å²) in [6, 6.07) is 9.72. The van der Waals surface area contributed by atoms with Crippen LogP contribution in [0.15, 0.2) is 36.4 Å². The molecule has 3 aromatic rings. The van der Waals surface area contributed by atoms with Gasteiger partial charge >= 0.3 is 6.18 Å². The van der Waals surface area contributed by atoms with Gasteiger partial charge < -0.3 is 4.74 Å². The van der Waals surface area contributed by atoms with E-state index in [9.17, 15) is 13.2 Å². The van der Waals surface area contributed by atoms with Gasteiger partial charge in [-0.2, -0.15) is 13.2 Å². The van der Waals surface area contributed by atoms with Gasteiger partial charge in [0, 0.05) is 12.1 Å². The third-order valence-corrected chi connectivity index (χ3v) is 4.31. The quantitative estimate of drug-likeness (QED) is 0.537. The Bertz CT molecular complexity index is 917. The van der Waals surface area contributed by atoms with Gasteiger partial charge in [0.2, 0.25) is 0 Å². The normalized spacial score (nSPS) is 11.9. The van der Waals surface area contributed by atoms with Crippen LogP contribution in [0.3, 0.4) is 0 Å². The number of hydrogen-bond donors (Lipinski definition) is 0. The lowest BCUT2D eigenvalue weighted by molar-refractivity contribution is -0.137. The van der Waals surface area contributed by atoms with Crippen molar-refractivity contribution >= 4 is 22.6 Å². The molecule has 0 bridgehead atoms. The number of ether oxygens (including phenoxy) is 1. The molecule has 0 saturated heterocycles. The maximum atomic E-state index is 13.1. The molecule has 0 atom stereocenters. The lowest BCUT2D eigenvalue weighted by Gasteiger charge is -2.12.